The summed E-state index contributed by atoms with van der Waals surface area (Å²) in [7, 11) is 0. The zero-order valence-corrected chi connectivity index (χ0v) is 19.6. The van der Waals surface area contributed by atoms with Gasteiger partial charge >= 0.3 is 11.9 Å². The second kappa shape index (κ2) is 7.02. The van der Waals surface area contributed by atoms with Crippen LogP contribution in [0.1, 0.15) is 79.1 Å². The minimum Gasteiger partial charge on any atom is -0.462 e. The van der Waals surface area contributed by atoms with Crippen molar-refractivity contribution in [2.45, 2.75) is 102 Å². The standard InChI is InChI=1S/C25H36O7/c1-14(26)30-13-20(28)24(29)10-7-18-17-11-21-25(32-21)12-16(31-15(2)27)5-8-23(25,4)19(17)6-9-22(18,24)3/h16-19,21,29H,5-13H2,1-4H3/t16-,17+,18-,19+,21+,22-,23-,24-,25+/m1/s1. The first kappa shape index (κ1) is 22.3. The molecule has 1 aliphatic heterocycles. The van der Waals surface area contributed by atoms with Crippen LogP contribution in [0.2, 0.25) is 0 Å². The number of hydrogen-bond donors (Lipinski definition) is 1. The number of epoxide rings is 1. The van der Waals surface area contributed by atoms with Crippen LogP contribution in [0, 0.1) is 28.6 Å². The SMILES string of the molecule is CC(=O)OCC(=O)[C@]1(O)CC[C@@H]2[C@@H]3C[C@@H]4O[C@@]45C[C@H](OC(C)=O)CC[C@]5(C)[C@H]3CC[C@]21C. The number of ether oxygens (including phenoxy) is 3. The summed E-state index contributed by atoms with van der Waals surface area (Å²) < 4.78 is 17.0. The van der Waals surface area contributed by atoms with Crippen molar-refractivity contribution in [3.8, 4) is 0 Å². The number of hydrogen-bond acceptors (Lipinski definition) is 7. The summed E-state index contributed by atoms with van der Waals surface area (Å²) in [5, 5.41) is 11.6. The van der Waals surface area contributed by atoms with Gasteiger partial charge in [-0.15, -0.1) is 0 Å². The Balaban J connectivity index is 1.38. The Hall–Kier alpha value is -1.47. The lowest BCUT2D eigenvalue weighted by Crippen LogP contribution is -2.61. The Labute approximate surface area is 189 Å². The molecule has 7 heteroatoms. The lowest BCUT2D eigenvalue weighted by atomic mass is 9.44. The average Bonchev–Trinajstić information content (AvgIpc) is 3.34. The molecule has 5 aliphatic rings. The van der Waals surface area contributed by atoms with Crippen molar-refractivity contribution in [2.75, 3.05) is 6.61 Å². The number of carbonyl (C=O) groups is 3. The molecule has 1 saturated heterocycles. The van der Waals surface area contributed by atoms with Crippen LogP contribution >= 0.6 is 0 Å². The zero-order valence-electron chi connectivity index (χ0n) is 19.6. The summed E-state index contributed by atoms with van der Waals surface area (Å²) in [5.74, 6) is 0.0358. The molecule has 0 radical (unpaired) electrons. The smallest absolute Gasteiger partial charge is 0.303 e. The van der Waals surface area contributed by atoms with E-state index in [-0.39, 0.29) is 47.5 Å². The van der Waals surface area contributed by atoms with Gasteiger partial charge in [-0.25, -0.2) is 0 Å². The number of rotatable bonds is 4. The first-order valence-corrected chi connectivity index (χ1v) is 12.2. The normalized spacial score (nSPS) is 50.8. The second-order valence-electron chi connectivity index (χ2n) is 11.6. The summed E-state index contributed by atoms with van der Waals surface area (Å²) in [4.78, 5) is 35.7. The van der Waals surface area contributed by atoms with E-state index < -0.39 is 17.0 Å². The third kappa shape index (κ3) is 2.82. The number of ketones is 1. The van der Waals surface area contributed by atoms with E-state index in [1.807, 2.05) is 0 Å². The predicted molar refractivity (Wildman–Crippen MR) is 113 cm³/mol. The highest BCUT2D eigenvalue weighted by atomic mass is 16.6. The van der Waals surface area contributed by atoms with Gasteiger partial charge in [0.15, 0.2) is 6.61 Å². The van der Waals surface area contributed by atoms with Gasteiger partial charge in [-0.1, -0.05) is 13.8 Å². The van der Waals surface area contributed by atoms with Gasteiger partial charge in [0.1, 0.15) is 17.3 Å². The van der Waals surface area contributed by atoms with E-state index in [0.29, 0.717) is 18.3 Å². The van der Waals surface area contributed by atoms with Gasteiger partial charge in [-0.3, -0.25) is 14.4 Å². The molecule has 0 amide bonds. The molecule has 5 rings (SSSR count). The molecular weight excluding hydrogens is 412 g/mol. The van der Waals surface area contributed by atoms with Crippen LogP contribution in [0.25, 0.3) is 0 Å². The molecule has 5 fully saturated rings. The third-order valence-electron chi connectivity index (χ3n) is 10.4. The minimum atomic E-state index is -1.44. The third-order valence-corrected chi connectivity index (χ3v) is 10.4. The van der Waals surface area contributed by atoms with Crippen molar-refractivity contribution in [3.05, 3.63) is 0 Å². The van der Waals surface area contributed by atoms with E-state index in [2.05, 4.69) is 13.8 Å². The van der Waals surface area contributed by atoms with Gasteiger partial charge in [0, 0.05) is 31.1 Å². The number of fused-ring (bicyclic) bond motifs is 4. The Morgan fingerprint density at radius 1 is 0.969 bits per heavy atom. The lowest BCUT2D eigenvalue weighted by Gasteiger charge is -2.59. The molecule has 4 saturated carbocycles. The summed E-state index contributed by atoms with van der Waals surface area (Å²) in [6.45, 7) is 6.83. The van der Waals surface area contributed by atoms with Crippen molar-refractivity contribution < 1.29 is 33.7 Å². The number of carbonyl (C=O) groups excluding carboxylic acids is 3. The Morgan fingerprint density at radius 2 is 1.62 bits per heavy atom. The molecule has 0 aromatic rings. The molecule has 7 nitrogen and oxygen atoms in total. The van der Waals surface area contributed by atoms with E-state index in [4.69, 9.17) is 14.2 Å². The number of esters is 2. The predicted octanol–water partition coefficient (Wildman–Crippen LogP) is 2.96. The molecule has 0 unspecified atom stereocenters. The zero-order chi connectivity index (χ0) is 23.1. The maximum Gasteiger partial charge on any atom is 0.303 e. The quantitative estimate of drug-likeness (QED) is 0.521. The molecule has 9 atom stereocenters. The fourth-order valence-corrected chi connectivity index (χ4v) is 8.74. The van der Waals surface area contributed by atoms with Crippen molar-refractivity contribution in [2.24, 2.45) is 28.6 Å². The maximum atomic E-state index is 13.0. The van der Waals surface area contributed by atoms with Crippen LogP contribution in [0.15, 0.2) is 0 Å². The summed E-state index contributed by atoms with van der Waals surface area (Å²) in [5.41, 5.74) is -2.11. The van der Waals surface area contributed by atoms with Crippen molar-refractivity contribution in [1.29, 1.82) is 0 Å². The number of Topliss-reactive ketones (excluding diaryl/α,β-unsaturated/α-hetero) is 1. The Bertz CT molecular complexity index is 855. The van der Waals surface area contributed by atoms with Crippen molar-refractivity contribution >= 4 is 17.7 Å². The van der Waals surface area contributed by atoms with Gasteiger partial charge in [-0.2, -0.15) is 0 Å². The fourth-order valence-electron chi connectivity index (χ4n) is 8.74. The van der Waals surface area contributed by atoms with Crippen LogP contribution in [-0.2, 0) is 28.6 Å². The van der Waals surface area contributed by atoms with E-state index in [0.717, 1.165) is 44.9 Å². The first-order valence-electron chi connectivity index (χ1n) is 12.2. The minimum absolute atomic E-state index is 0.0288. The summed E-state index contributed by atoms with van der Waals surface area (Å²) in [6.07, 6.45) is 6.65. The molecule has 1 N–H and O–H groups in total. The fraction of sp³-hybridized carbons (Fsp3) is 0.880. The van der Waals surface area contributed by atoms with Gasteiger partial charge in [0.25, 0.3) is 0 Å². The molecule has 178 valence electrons. The largest absolute Gasteiger partial charge is 0.462 e. The topological polar surface area (TPSA) is 102 Å². The van der Waals surface area contributed by atoms with Gasteiger partial charge in [0.2, 0.25) is 5.78 Å². The van der Waals surface area contributed by atoms with Crippen LogP contribution in [-0.4, -0.2) is 52.8 Å². The number of aliphatic hydroxyl groups is 1. The summed E-state index contributed by atoms with van der Waals surface area (Å²) in [6, 6.07) is 0. The van der Waals surface area contributed by atoms with Gasteiger partial charge in [-0.05, 0) is 62.7 Å². The molecule has 1 heterocycles. The van der Waals surface area contributed by atoms with Gasteiger partial charge < -0.3 is 19.3 Å². The Kier molecular flexibility index (Phi) is 4.90. The highest BCUT2D eigenvalue weighted by molar-refractivity contribution is 5.90. The summed E-state index contributed by atoms with van der Waals surface area (Å²) >= 11 is 0. The monoisotopic (exact) mass is 448 g/mol. The van der Waals surface area contributed by atoms with Crippen molar-refractivity contribution in [1.82, 2.24) is 0 Å². The van der Waals surface area contributed by atoms with Crippen molar-refractivity contribution in [3.63, 3.8) is 0 Å². The molecule has 0 bridgehead atoms. The molecule has 32 heavy (non-hydrogen) atoms. The lowest BCUT2D eigenvalue weighted by molar-refractivity contribution is -0.175. The second-order valence-corrected chi connectivity index (χ2v) is 11.6. The van der Waals surface area contributed by atoms with Crippen LogP contribution < -0.4 is 0 Å². The van der Waals surface area contributed by atoms with Crippen LogP contribution in [0.4, 0.5) is 0 Å². The molecule has 0 aromatic heterocycles. The molecule has 0 aromatic carbocycles. The molecular formula is C25H36O7. The first-order chi connectivity index (χ1) is 15.0. The molecule has 1 spiro atoms. The highest BCUT2D eigenvalue weighted by Crippen LogP contribution is 2.74. The van der Waals surface area contributed by atoms with Crippen LogP contribution in [0.3, 0.4) is 0 Å². The van der Waals surface area contributed by atoms with Crippen LogP contribution in [0.5, 0.6) is 0 Å². The van der Waals surface area contributed by atoms with E-state index >= 15 is 0 Å². The van der Waals surface area contributed by atoms with Gasteiger partial charge in [0.05, 0.1) is 6.10 Å². The Morgan fingerprint density at radius 3 is 2.31 bits per heavy atom. The van der Waals surface area contributed by atoms with E-state index in [1.165, 1.54) is 13.8 Å². The average molecular weight is 449 g/mol. The van der Waals surface area contributed by atoms with E-state index in [9.17, 15) is 19.5 Å². The van der Waals surface area contributed by atoms with E-state index in [1.54, 1.807) is 0 Å². The maximum absolute atomic E-state index is 13.0. The molecule has 4 aliphatic carbocycles. The highest BCUT2D eigenvalue weighted by Gasteiger charge is 2.77.